The van der Waals surface area contributed by atoms with Gasteiger partial charge in [0.05, 0.1) is 36.2 Å². The number of rotatable bonds is 8. The molecule has 0 aliphatic carbocycles. The van der Waals surface area contributed by atoms with Crippen LogP contribution in [0.15, 0.2) is 48.5 Å². The van der Waals surface area contributed by atoms with Gasteiger partial charge < -0.3 is 15.0 Å². The summed E-state index contributed by atoms with van der Waals surface area (Å²) in [6.45, 7) is 6.15. The Morgan fingerprint density at radius 1 is 1.16 bits per heavy atom. The third-order valence-electron chi connectivity index (χ3n) is 4.52. The van der Waals surface area contributed by atoms with E-state index in [0.717, 1.165) is 11.8 Å². The third kappa shape index (κ3) is 6.53. The average Bonchev–Trinajstić information content (AvgIpc) is 3.09. The molecule has 1 atom stereocenters. The molecule has 0 saturated carbocycles. The van der Waals surface area contributed by atoms with Crippen LogP contribution in [0.1, 0.15) is 38.2 Å². The van der Waals surface area contributed by atoms with Crippen LogP contribution in [-0.2, 0) is 26.2 Å². The molecule has 0 spiro atoms. The Labute approximate surface area is 182 Å². The number of nitrogens with one attached hydrogen (secondary N) is 3. The Kier molecular flexibility index (Phi) is 6.66. The maximum absolute atomic E-state index is 12.6. The zero-order chi connectivity index (χ0) is 22.6. The molecule has 9 heteroatoms. The van der Waals surface area contributed by atoms with Crippen LogP contribution in [0, 0.1) is 5.41 Å². The average molecular weight is 445 g/mol. The zero-order valence-corrected chi connectivity index (χ0v) is 18.9. The summed E-state index contributed by atoms with van der Waals surface area (Å²) in [5.74, 6) is 0.415. The van der Waals surface area contributed by atoms with E-state index in [1.54, 1.807) is 18.2 Å². The second kappa shape index (κ2) is 9.07. The van der Waals surface area contributed by atoms with Crippen LogP contribution in [-0.4, -0.2) is 37.2 Å². The van der Waals surface area contributed by atoms with Gasteiger partial charge in [-0.15, -0.1) is 0 Å². The Hall–Kier alpha value is -2.91. The van der Waals surface area contributed by atoms with Gasteiger partial charge >= 0.3 is 0 Å². The fraction of sp³-hybridized carbons (Fsp3) is 0.364. The Morgan fingerprint density at radius 2 is 1.87 bits per heavy atom. The molecular weight excluding hydrogens is 416 g/mol. The van der Waals surface area contributed by atoms with Crippen molar-refractivity contribution in [2.45, 2.75) is 33.4 Å². The van der Waals surface area contributed by atoms with Gasteiger partial charge in [0.25, 0.3) is 0 Å². The summed E-state index contributed by atoms with van der Waals surface area (Å²) in [5, 5.41) is 3.00. The van der Waals surface area contributed by atoms with Crippen molar-refractivity contribution in [3.63, 3.8) is 0 Å². The summed E-state index contributed by atoms with van der Waals surface area (Å²) in [4.78, 5) is 20.4. The number of hydrogen-bond donors (Lipinski definition) is 3. The number of imidazole rings is 1. The predicted molar refractivity (Wildman–Crippen MR) is 121 cm³/mol. The maximum Gasteiger partial charge on any atom is 0.229 e. The molecule has 8 nitrogen and oxygen atoms in total. The van der Waals surface area contributed by atoms with E-state index in [2.05, 4.69) is 20.0 Å². The van der Waals surface area contributed by atoms with E-state index in [4.69, 9.17) is 4.74 Å². The first-order valence-corrected chi connectivity index (χ1v) is 11.8. The van der Waals surface area contributed by atoms with Gasteiger partial charge in [0.15, 0.2) is 0 Å². The molecule has 1 aromatic heterocycles. The zero-order valence-electron chi connectivity index (χ0n) is 18.1. The third-order valence-corrected chi connectivity index (χ3v) is 5.12. The minimum absolute atomic E-state index is 0.124. The molecule has 31 heavy (non-hydrogen) atoms. The number of carbonyl (C=O) groups excluding carboxylic acids is 1. The molecule has 0 aliphatic heterocycles. The number of aromatic amines is 1. The second-order valence-corrected chi connectivity index (χ2v) is 10.3. The van der Waals surface area contributed by atoms with Gasteiger partial charge in [-0.1, -0.05) is 51.1 Å². The van der Waals surface area contributed by atoms with E-state index in [9.17, 15) is 13.2 Å². The molecule has 0 aliphatic rings. The Bertz CT molecular complexity index is 1150. The number of H-pyrrole nitrogens is 1. The molecule has 166 valence electrons. The molecule has 0 radical (unpaired) electrons. The number of hydrogen-bond acceptors (Lipinski definition) is 5. The van der Waals surface area contributed by atoms with Crippen LogP contribution < -0.4 is 10.0 Å². The maximum atomic E-state index is 12.6. The molecule has 3 rings (SSSR count). The van der Waals surface area contributed by atoms with Crippen LogP contribution in [0.2, 0.25) is 0 Å². The van der Waals surface area contributed by atoms with Crippen LogP contribution in [0.3, 0.4) is 0 Å². The van der Waals surface area contributed by atoms with Crippen molar-refractivity contribution in [2.24, 2.45) is 5.41 Å². The number of nitrogens with zero attached hydrogens (tertiary/aromatic N) is 1. The highest BCUT2D eigenvalue weighted by Gasteiger charge is 2.26. The van der Waals surface area contributed by atoms with Crippen molar-refractivity contribution in [3.8, 4) is 0 Å². The lowest BCUT2D eigenvalue weighted by Gasteiger charge is -2.23. The largest absolute Gasteiger partial charge is 0.374 e. The molecule has 0 fully saturated rings. The summed E-state index contributed by atoms with van der Waals surface area (Å²) in [6.07, 6.45) is 1.09. The molecule has 0 bridgehead atoms. The predicted octanol–water partition coefficient (Wildman–Crippen LogP) is 3.35. The van der Waals surface area contributed by atoms with E-state index >= 15 is 0 Å². The van der Waals surface area contributed by atoms with E-state index in [0.29, 0.717) is 29.2 Å². The number of ether oxygens (including phenoxy) is 1. The van der Waals surface area contributed by atoms with E-state index in [-0.39, 0.29) is 12.5 Å². The first-order chi connectivity index (χ1) is 14.5. The highest BCUT2D eigenvalue weighted by molar-refractivity contribution is 7.92. The van der Waals surface area contributed by atoms with Gasteiger partial charge in [-0.3, -0.25) is 9.52 Å². The SMILES string of the molecule is CC(C)(C)C(=O)NC(COCc1ccccc1)c1nc2ccc(NS(C)(=O)=O)cc2[nH]1. The normalized spacial score (nSPS) is 13.2. The van der Waals surface area contributed by atoms with Gasteiger partial charge in [0.2, 0.25) is 15.9 Å². The van der Waals surface area contributed by atoms with Crippen LogP contribution in [0.5, 0.6) is 0 Å². The number of sulfonamides is 1. The number of anilines is 1. The number of aromatic nitrogens is 2. The number of amides is 1. The lowest BCUT2D eigenvalue weighted by molar-refractivity contribution is -0.129. The summed E-state index contributed by atoms with van der Waals surface area (Å²) in [6, 6.07) is 14.3. The van der Waals surface area contributed by atoms with E-state index in [1.165, 1.54) is 0 Å². The van der Waals surface area contributed by atoms with E-state index in [1.807, 2.05) is 51.1 Å². The van der Waals surface area contributed by atoms with Gasteiger partial charge in [-0.2, -0.15) is 0 Å². The fourth-order valence-electron chi connectivity index (χ4n) is 2.90. The first kappa shape index (κ1) is 22.8. The van der Waals surface area contributed by atoms with Crippen LogP contribution in [0.25, 0.3) is 11.0 Å². The smallest absolute Gasteiger partial charge is 0.229 e. The molecular formula is C22H28N4O4S. The van der Waals surface area contributed by atoms with Gasteiger partial charge in [0.1, 0.15) is 11.9 Å². The standard InChI is InChI=1S/C22H28N4O4S/c1-22(2,3)21(27)25-19(14-30-13-15-8-6-5-7-9-15)20-23-17-11-10-16(12-18(17)24-20)26-31(4,28)29/h5-12,19,26H,13-14H2,1-4H3,(H,23,24)(H,25,27). The van der Waals surface area contributed by atoms with Crippen molar-refractivity contribution < 1.29 is 17.9 Å². The Morgan fingerprint density at radius 3 is 2.52 bits per heavy atom. The molecule has 1 heterocycles. The van der Waals surface area contributed by atoms with Gasteiger partial charge in [-0.05, 0) is 23.8 Å². The first-order valence-electron chi connectivity index (χ1n) is 9.91. The van der Waals surface area contributed by atoms with Crippen LogP contribution in [0.4, 0.5) is 5.69 Å². The van der Waals surface area contributed by atoms with E-state index < -0.39 is 21.5 Å². The molecule has 1 amide bonds. The van der Waals surface area contributed by atoms with Crippen molar-refractivity contribution in [3.05, 3.63) is 59.9 Å². The number of benzene rings is 2. The molecule has 3 aromatic rings. The quantitative estimate of drug-likeness (QED) is 0.493. The second-order valence-electron chi connectivity index (χ2n) is 8.50. The van der Waals surface area contributed by atoms with Crippen molar-refractivity contribution in [1.29, 1.82) is 0 Å². The lowest BCUT2D eigenvalue weighted by atomic mass is 9.95. The molecule has 1 unspecified atom stereocenters. The van der Waals surface area contributed by atoms with Crippen LogP contribution >= 0.6 is 0 Å². The monoisotopic (exact) mass is 444 g/mol. The highest BCUT2D eigenvalue weighted by atomic mass is 32.2. The lowest BCUT2D eigenvalue weighted by Crippen LogP contribution is -2.39. The number of fused-ring (bicyclic) bond motifs is 1. The minimum Gasteiger partial charge on any atom is -0.374 e. The molecule has 2 aromatic carbocycles. The topological polar surface area (TPSA) is 113 Å². The summed E-state index contributed by atoms with van der Waals surface area (Å²) in [5.41, 5.74) is 2.20. The van der Waals surface area contributed by atoms with Crippen molar-refractivity contribution in [1.82, 2.24) is 15.3 Å². The van der Waals surface area contributed by atoms with Gasteiger partial charge in [-0.25, -0.2) is 13.4 Å². The number of carbonyl (C=O) groups is 1. The fourth-order valence-corrected chi connectivity index (χ4v) is 3.46. The molecule has 0 saturated heterocycles. The van der Waals surface area contributed by atoms with Crippen molar-refractivity contribution in [2.75, 3.05) is 17.6 Å². The summed E-state index contributed by atoms with van der Waals surface area (Å²) in [7, 11) is -3.39. The minimum atomic E-state index is -3.39. The van der Waals surface area contributed by atoms with Crippen molar-refractivity contribution >= 4 is 32.7 Å². The molecule has 3 N–H and O–H groups in total. The summed E-state index contributed by atoms with van der Waals surface area (Å²) >= 11 is 0. The highest BCUT2D eigenvalue weighted by Crippen LogP contribution is 2.23. The Balaban J connectivity index is 1.82. The van der Waals surface area contributed by atoms with Gasteiger partial charge in [0, 0.05) is 5.41 Å². The summed E-state index contributed by atoms with van der Waals surface area (Å²) < 4.78 is 31.3.